The van der Waals surface area contributed by atoms with Gasteiger partial charge in [0.2, 0.25) is 11.8 Å². The van der Waals surface area contributed by atoms with Gasteiger partial charge in [-0.3, -0.25) is 9.69 Å². The summed E-state index contributed by atoms with van der Waals surface area (Å²) in [7, 11) is 0. The fraction of sp³-hybridized carbons (Fsp3) is 0.238. The third kappa shape index (κ3) is 4.12. The summed E-state index contributed by atoms with van der Waals surface area (Å²) in [5.41, 5.74) is 6.47. The van der Waals surface area contributed by atoms with E-state index in [4.69, 9.17) is 10.2 Å². The van der Waals surface area contributed by atoms with Gasteiger partial charge in [0.1, 0.15) is 17.2 Å². The largest absolute Gasteiger partial charge is 0.419 e. The van der Waals surface area contributed by atoms with Crippen molar-refractivity contribution in [1.29, 1.82) is 0 Å². The lowest BCUT2D eigenvalue weighted by molar-refractivity contribution is 0.0996. The number of anilines is 2. The molecule has 0 radical (unpaired) electrons. The molecule has 6 nitrogen and oxygen atoms in total. The van der Waals surface area contributed by atoms with Crippen molar-refractivity contribution in [2.45, 2.75) is 19.4 Å². The third-order valence-corrected chi connectivity index (χ3v) is 4.85. The van der Waals surface area contributed by atoms with Crippen LogP contribution in [0.4, 0.5) is 20.4 Å². The van der Waals surface area contributed by atoms with Gasteiger partial charge in [0.05, 0.1) is 0 Å². The highest BCUT2D eigenvalue weighted by atomic mass is 19.1. The zero-order valence-electron chi connectivity index (χ0n) is 15.6. The van der Waals surface area contributed by atoms with Crippen LogP contribution in [0.25, 0.3) is 11.5 Å². The van der Waals surface area contributed by atoms with Crippen LogP contribution in [0.1, 0.15) is 28.9 Å². The molecule has 0 unspecified atom stereocenters. The van der Waals surface area contributed by atoms with Gasteiger partial charge in [-0.05, 0) is 55.8 Å². The number of halogens is 2. The molecule has 0 saturated carbocycles. The van der Waals surface area contributed by atoms with Crippen LogP contribution in [-0.2, 0) is 6.54 Å². The molecule has 2 aromatic carbocycles. The Kier molecular flexibility index (Phi) is 5.26. The SMILES string of the molecule is NC(=O)c1nc(-c2c(F)cccc2F)oc1Nc1ccc(CN2CCCC2)cc1. The first kappa shape index (κ1) is 19.1. The van der Waals surface area contributed by atoms with Gasteiger partial charge < -0.3 is 15.5 Å². The summed E-state index contributed by atoms with van der Waals surface area (Å²) >= 11 is 0. The number of nitrogens with two attached hydrogens (primary N) is 1. The van der Waals surface area contributed by atoms with E-state index < -0.39 is 23.1 Å². The Labute approximate surface area is 166 Å². The minimum absolute atomic E-state index is 0.0672. The van der Waals surface area contributed by atoms with E-state index in [0.29, 0.717) is 5.69 Å². The Balaban J connectivity index is 1.58. The number of oxazole rings is 1. The van der Waals surface area contributed by atoms with Crippen molar-refractivity contribution in [3.63, 3.8) is 0 Å². The number of hydrogen-bond acceptors (Lipinski definition) is 5. The highest BCUT2D eigenvalue weighted by molar-refractivity contribution is 5.96. The van der Waals surface area contributed by atoms with E-state index in [1.165, 1.54) is 24.5 Å². The van der Waals surface area contributed by atoms with Crippen molar-refractivity contribution < 1.29 is 18.0 Å². The van der Waals surface area contributed by atoms with Crippen LogP contribution in [-0.4, -0.2) is 28.9 Å². The summed E-state index contributed by atoms with van der Waals surface area (Å²) < 4.78 is 33.5. The third-order valence-electron chi connectivity index (χ3n) is 4.85. The molecule has 150 valence electrons. The van der Waals surface area contributed by atoms with Crippen LogP contribution < -0.4 is 11.1 Å². The number of nitrogens with zero attached hydrogens (tertiary/aromatic N) is 2. The summed E-state index contributed by atoms with van der Waals surface area (Å²) in [4.78, 5) is 18.0. The zero-order valence-corrected chi connectivity index (χ0v) is 15.6. The number of carbonyl (C=O) groups excluding carboxylic acids is 1. The van der Waals surface area contributed by atoms with Crippen LogP contribution in [0, 0.1) is 11.6 Å². The highest BCUT2D eigenvalue weighted by Crippen LogP contribution is 2.31. The fourth-order valence-electron chi connectivity index (χ4n) is 3.40. The molecule has 1 amide bonds. The lowest BCUT2D eigenvalue weighted by atomic mass is 10.2. The number of carbonyl (C=O) groups is 1. The first-order chi connectivity index (χ1) is 14.0. The van der Waals surface area contributed by atoms with Gasteiger partial charge in [-0.25, -0.2) is 13.8 Å². The topological polar surface area (TPSA) is 84.4 Å². The molecule has 0 atom stereocenters. The van der Waals surface area contributed by atoms with Crippen molar-refractivity contribution in [3.05, 3.63) is 65.4 Å². The number of nitrogens with one attached hydrogen (secondary N) is 1. The molecule has 1 saturated heterocycles. The maximum Gasteiger partial charge on any atom is 0.273 e. The number of likely N-dealkylation sites (tertiary alicyclic amines) is 1. The lowest BCUT2D eigenvalue weighted by Crippen LogP contribution is -2.18. The van der Waals surface area contributed by atoms with Gasteiger partial charge in [-0.2, -0.15) is 0 Å². The second kappa shape index (κ2) is 8.00. The Bertz CT molecular complexity index is 1010. The first-order valence-electron chi connectivity index (χ1n) is 9.34. The normalized spacial score (nSPS) is 14.3. The lowest BCUT2D eigenvalue weighted by Gasteiger charge is -2.14. The molecule has 3 N–H and O–H groups in total. The van der Waals surface area contributed by atoms with Gasteiger partial charge in [-0.1, -0.05) is 18.2 Å². The van der Waals surface area contributed by atoms with E-state index >= 15 is 0 Å². The molecule has 0 bridgehead atoms. The highest BCUT2D eigenvalue weighted by Gasteiger charge is 2.23. The molecule has 1 aliphatic rings. The van der Waals surface area contributed by atoms with E-state index in [1.807, 2.05) is 24.3 Å². The predicted octanol–water partition coefficient (Wildman–Crippen LogP) is 4.06. The Morgan fingerprint density at radius 2 is 1.76 bits per heavy atom. The van der Waals surface area contributed by atoms with Gasteiger partial charge in [-0.15, -0.1) is 0 Å². The molecule has 4 rings (SSSR count). The van der Waals surface area contributed by atoms with E-state index in [2.05, 4.69) is 15.2 Å². The summed E-state index contributed by atoms with van der Waals surface area (Å²) in [5, 5.41) is 2.92. The Morgan fingerprint density at radius 3 is 2.38 bits per heavy atom. The van der Waals surface area contributed by atoms with Crippen LogP contribution in [0.3, 0.4) is 0 Å². The number of primary amides is 1. The van der Waals surface area contributed by atoms with Crippen molar-refractivity contribution in [3.8, 4) is 11.5 Å². The van der Waals surface area contributed by atoms with Crippen molar-refractivity contribution >= 4 is 17.5 Å². The van der Waals surface area contributed by atoms with Gasteiger partial charge in [0.15, 0.2) is 5.69 Å². The number of aromatic nitrogens is 1. The van der Waals surface area contributed by atoms with Gasteiger partial charge >= 0.3 is 0 Å². The second-order valence-corrected chi connectivity index (χ2v) is 6.96. The quantitative estimate of drug-likeness (QED) is 0.654. The Hall–Kier alpha value is -3.26. The zero-order chi connectivity index (χ0) is 20.4. The summed E-state index contributed by atoms with van der Waals surface area (Å²) in [5.74, 6) is -2.99. The molecule has 0 spiro atoms. The molecule has 8 heteroatoms. The van der Waals surface area contributed by atoms with Gasteiger partial charge in [0.25, 0.3) is 5.91 Å². The van der Waals surface area contributed by atoms with Crippen molar-refractivity contribution in [1.82, 2.24) is 9.88 Å². The van der Waals surface area contributed by atoms with E-state index in [1.54, 1.807) is 0 Å². The molecule has 29 heavy (non-hydrogen) atoms. The van der Waals surface area contributed by atoms with Crippen LogP contribution in [0.15, 0.2) is 46.9 Å². The van der Waals surface area contributed by atoms with Gasteiger partial charge in [0, 0.05) is 12.2 Å². The molecule has 2 heterocycles. The monoisotopic (exact) mass is 398 g/mol. The minimum atomic E-state index is -0.870. The number of amides is 1. The van der Waals surface area contributed by atoms with E-state index in [9.17, 15) is 13.6 Å². The number of hydrogen-bond donors (Lipinski definition) is 2. The van der Waals surface area contributed by atoms with Crippen LogP contribution in [0.2, 0.25) is 0 Å². The fourth-order valence-corrected chi connectivity index (χ4v) is 3.40. The summed E-state index contributed by atoms with van der Waals surface area (Å²) in [6, 6.07) is 11.0. The molecular weight excluding hydrogens is 378 g/mol. The summed E-state index contributed by atoms with van der Waals surface area (Å²) in [6.07, 6.45) is 2.46. The molecule has 3 aromatic rings. The maximum absolute atomic E-state index is 14.0. The smallest absolute Gasteiger partial charge is 0.273 e. The molecule has 1 aliphatic heterocycles. The number of benzene rings is 2. The first-order valence-corrected chi connectivity index (χ1v) is 9.34. The minimum Gasteiger partial charge on any atom is -0.419 e. The van der Waals surface area contributed by atoms with E-state index in [-0.39, 0.29) is 17.5 Å². The average Bonchev–Trinajstić information content (AvgIpc) is 3.33. The molecule has 1 aromatic heterocycles. The number of rotatable bonds is 6. The summed E-state index contributed by atoms with van der Waals surface area (Å²) in [6.45, 7) is 3.09. The maximum atomic E-state index is 14.0. The predicted molar refractivity (Wildman–Crippen MR) is 105 cm³/mol. The van der Waals surface area contributed by atoms with E-state index in [0.717, 1.165) is 31.8 Å². The molecule has 0 aliphatic carbocycles. The standard InChI is InChI=1S/C21H20F2N4O2/c22-15-4-3-5-16(23)17(15)20-26-18(19(24)28)21(29-20)25-14-8-6-13(7-9-14)12-27-10-1-2-11-27/h3-9,25H,1-2,10-12H2,(H2,24,28). The second-order valence-electron chi connectivity index (χ2n) is 6.96. The van der Waals surface area contributed by atoms with Crippen LogP contribution >= 0.6 is 0 Å². The average molecular weight is 398 g/mol. The van der Waals surface area contributed by atoms with Crippen molar-refractivity contribution in [2.24, 2.45) is 5.73 Å². The van der Waals surface area contributed by atoms with Crippen molar-refractivity contribution in [2.75, 3.05) is 18.4 Å². The Morgan fingerprint density at radius 1 is 1.10 bits per heavy atom. The molecule has 1 fully saturated rings. The van der Waals surface area contributed by atoms with Crippen LogP contribution in [0.5, 0.6) is 0 Å². The molecular formula is C21H20F2N4O2.